The molecule has 8 atom stereocenters. The molecule has 8 unspecified atom stereocenters. The van der Waals surface area contributed by atoms with E-state index in [0.717, 1.165) is 155 Å². The smallest absolute Gasteiger partial charge is 0.340 e. The summed E-state index contributed by atoms with van der Waals surface area (Å²) in [5.74, 6) is 2.01. The van der Waals surface area contributed by atoms with Crippen molar-refractivity contribution in [2.45, 2.75) is 202 Å². The number of carbonyl (C=O) groups is 6. The zero-order valence-electron chi connectivity index (χ0n) is 71.8. The van der Waals surface area contributed by atoms with Crippen LogP contribution in [0, 0.1) is 106 Å². The third-order valence-corrected chi connectivity index (χ3v) is 45.4. The maximum Gasteiger partial charge on any atom is 0.340 e. The lowest BCUT2D eigenvalue weighted by Gasteiger charge is -2.39. The van der Waals surface area contributed by atoms with Gasteiger partial charge in [-0.1, -0.05) is 21.3 Å². The zero-order valence-corrected chi connectivity index (χ0v) is 111. The Labute approximate surface area is 986 Å². The van der Waals surface area contributed by atoms with Crippen LogP contribution in [0.25, 0.3) is 0 Å². The Balaban J connectivity index is 0.000000232. The lowest BCUT2D eigenvalue weighted by Crippen LogP contribution is -2.98. The Morgan fingerprint density at radius 1 is 0.288 bits per heavy atom. The van der Waals surface area contributed by atoms with Crippen molar-refractivity contribution in [1.82, 2.24) is 0 Å². The zero-order chi connectivity index (χ0) is 93.0. The SMILES string of the molecule is C.CC(C)(OC(=O)c1cc(I)cc(I)c1I)C1CC[NH2+]C1.CC(C)(OC(=O)c1cc(I)cc(I)c1I)C1C[NH2+]1.CC(C)(OC(=O)c1cc(I)cc(I)c1I)C1C[NH2+]C1.CC1CC(C(C)(C)OC(=O)c2cc(I)cc(I)c2I)CC(C)[NH2+]1.CC1C[NH2+]CCC1C(C)(C)OC(=O)c1cc(I)cc(I)c1I.CC1C[NH2+]CCC1C(C)(C)OC(=O)c1cc(I)cc(I)c1I. The number of benzene rings is 6. The summed E-state index contributed by atoms with van der Waals surface area (Å²) in [5, 5.41) is 13.8. The molecule has 0 amide bonds. The molecule has 6 aromatic carbocycles. The molecule has 6 aromatic rings. The third-order valence-electron chi connectivity index (χ3n) is 23.4. The highest BCUT2D eigenvalue weighted by atomic mass is 127. The number of nitrogens with two attached hydrogens (primary N) is 6. The molecule has 692 valence electrons. The summed E-state index contributed by atoms with van der Waals surface area (Å²) in [6.07, 6.45) is 5.49. The van der Waals surface area contributed by atoms with Gasteiger partial charge in [0.1, 0.15) is 34.6 Å². The molecule has 0 saturated carbocycles. The second-order valence-corrected chi connectivity index (χ2v) is 56.4. The number of hydrogen-bond donors (Lipinski definition) is 6. The van der Waals surface area contributed by atoms with Gasteiger partial charge in [0.05, 0.1) is 110 Å². The Hall–Kier alpha value is 5.04. The summed E-state index contributed by atoms with van der Waals surface area (Å²) in [5.41, 5.74) is 1.57. The average molecular weight is 3740 g/mol. The van der Waals surface area contributed by atoms with Crippen molar-refractivity contribution in [2.75, 3.05) is 58.9 Å². The van der Waals surface area contributed by atoms with Crippen LogP contribution < -0.4 is 31.9 Å². The van der Waals surface area contributed by atoms with E-state index in [1.165, 1.54) is 0 Å². The first kappa shape index (κ1) is 119. The molecule has 6 heterocycles. The van der Waals surface area contributed by atoms with Gasteiger partial charge >= 0.3 is 35.8 Å². The molecule has 125 heavy (non-hydrogen) atoms. The summed E-state index contributed by atoms with van der Waals surface area (Å²) in [7, 11) is 0. The van der Waals surface area contributed by atoms with Crippen molar-refractivity contribution in [2.24, 2.45) is 41.4 Å². The normalized spacial score (nSPS) is 20.7. The summed E-state index contributed by atoms with van der Waals surface area (Å²) in [4.78, 5) is 75.3. The highest BCUT2D eigenvalue weighted by Gasteiger charge is 2.48. The molecule has 6 aliphatic rings. The van der Waals surface area contributed by atoms with Crippen LogP contribution in [0.3, 0.4) is 0 Å². The van der Waals surface area contributed by atoms with Crippen LogP contribution in [0.15, 0.2) is 72.8 Å². The van der Waals surface area contributed by atoms with E-state index >= 15 is 0 Å². The van der Waals surface area contributed by atoms with Crippen molar-refractivity contribution in [3.63, 3.8) is 0 Å². The summed E-state index contributed by atoms with van der Waals surface area (Å²) < 4.78 is 53.9. The minimum Gasteiger partial charge on any atom is -0.456 e. The van der Waals surface area contributed by atoms with Gasteiger partial charge in [0.15, 0.2) is 11.6 Å². The minimum absolute atomic E-state index is 0. The van der Waals surface area contributed by atoms with Crippen molar-refractivity contribution in [3.05, 3.63) is 170 Å². The first-order chi connectivity index (χ1) is 57.5. The quantitative estimate of drug-likeness (QED) is 0.0154. The largest absolute Gasteiger partial charge is 0.456 e. The molecule has 36 heteroatoms. The molecule has 12 N–H and O–H groups in total. The Morgan fingerprint density at radius 2 is 0.512 bits per heavy atom. The third kappa shape index (κ3) is 35.8. The molecule has 6 saturated heterocycles. The standard InChI is InChI=1S/C17H22I3NO2.2C16H20I3NO2.C14H16I3NO2.C13H14I3NO2.C12H12I3NO2.CH4/c1-9-5-11(6-10(2)21-9)17(3,4)23-16(22)13-7-12(18)8-14(19)15(13)20;2*1-9-8-20-5-4-12(9)16(2,3)22-15(21)11-6-10(17)7-13(18)14(11)19;1-14(2,8-3-4-18-7-8)20-13(19)10-5-9(15)6-11(16)12(10)17;1-13(2,7-5-17-6-7)19-12(18)9-3-8(14)4-10(15)11(9)16;1-12(2,9-5-16-9)18-11(17)7-3-6(13)4-8(14)10(7)15;/h7-11,21H,5-6H2,1-4H3;2*6-7,9,12,20H,4-5,8H2,1-3H3;5-6,8,18H,3-4,7H2,1-2H3;3-4,7,17H,5-6H2,1-2H3;3-4,9,16H,5H2,1-2H3;1H4/p+6. The van der Waals surface area contributed by atoms with Crippen LogP contribution >= 0.6 is 407 Å². The van der Waals surface area contributed by atoms with Gasteiger partial charge < -0.3 is 60.3 Å². The van der Waals surface area contributed by atoms with Crippen molar-refractivity contribution in [3.8, 4) is 0 Å². The molecular formula is C89H114I18N6O12+6. The predicted molar refractivity (Wildman–Crippen MR) is 648 cm³/mol. The van der Waals surface area contributed by atoms with Crippen molar-refractivity contribution < 1.29 is 89.1 Å². The lowest BCUT2D eigenvalue weighted by atomic mass is 9.77. The van der Waals surface area contributed by atoms with E-state index < -0.39 is 28.0 Å². The monoisotopic (exact) mass is 3740 g/mol. The number of ether oxygens (including phenoxy) is 6. The van der Waals surface area contributed by atoms with Gasteiger partial charge in [0, 0.05) is 126 Å². The molecule has 6 fully saturated rings. The number of quaternary nitrogens is 6. The summed E-state index contributed by atoms with van der Waals surface area (Å²) in [6, 6.07) is 25.4. The highest BCUT2D eigenvalue weighted by molar-refractivity contribution is 14.1. The van der Waals surface area contributed by atoms with Gasteiger partial charge in [0.2, 0.25) is 0 Å². The minimum atomic E-state index is -0.441. The van der Waals surface area contributed by atoms with E-state index in [1.807, 2.05) is 77.9 Å². The number of esters is 6. The van der Waals surface area contributed by atoms with Gasteiger partial charge in [-0.15, -0.1) is 0 Å². The first-order valence-corrected chi connectivity index (χ1v) is 60.1. The number of hydrogen-bond acceptors (Lipinski definition) is 12. The van der Waals surface area contributed by atoms with Crippen molar-refractivity contribution >= 4 is 442 Å². The predicted octanol–water partition coefficient (Wildman–Crippen LogP) is 20.2. The molecule has 0 aromatic heterocycles. The van der Waals surface area contributed by atoms with Crippen molar-refractivity contribution in [1.29, 1.82) is 0 Å². The second kappa shape index (κ2) is 53.4. The van der Waals surface area contributed by atoms with E-state index in [-0.39, 0.29) is 48.8 Å². The fourth-order valence-electron chi connectivity index (χ4n) is 16.0. The van der Waals surface area contributed by atoms with Crippen LogP contribution in [0.2, 0.25) is 0 Å². The average Bonchev–Trinajstić information content (AvgIpc) is 0.848. The van der Waals surface area contributed by atoms with Crippen LogP contribution in [-0.2, 0) is 28.4 Å². The molecule has 12 rings (SSSR count). The number of piperidine rings is 3. The van der Waals surface area contributed by atoms with Gasteiger partial charge in [-0.2, -0.15) is 0 Å². The molecule has 0 bridgehead atoms. The number of halogens is 18. The van der Waals surface area contributed by atoms with Crippen LogP contribution in [-0.4, -0.2) is 146 Å². The van der Waals surface area contributed by atoms with Crippen LogP contribution in [0.1, 0.15) is 212 Å². The van der Waals surface area contributed by atoms with E-state index in [0.29, 0.717) is 92.9 Å². The Kier molecular flexibility index (Phi) is 50.7. The molecule has 0 aliphatic carbocycles. The Bertz CT molecular complexity index is 4700. The van der Waals surface area contributed by atoms with E-state index in [4.69, 9.17) is 28.4 Å². The fourth-order valence-corrected chi connectivity index (χ4v) is 30.2. The number of carbonyl (C=O) groups excluding carboxylic acids is 6. The van der Waals surface area contributed by atoms with Crippen LogP contribution in [0.4, 0.5) is 0 Å². The van der Waals surface area contributed by atoms with Crippen LogP contribution in [0.5, 0.6) is 0 Å². The molecular weight excluding hydrogens is 3630 g/mol. The molecule has 0 spiro atoms. The van der Waals surface area contributed by atoms with E-state index in [9.17, 15) is 28.8 Å². The maximum atomic E-state index is 12.7. The van der Waals surface area contributed by atoms with Gasteiger partial charge in [-0.3, -0.25) is 0 Å². The van der Waals surface area contributed by atoms with Gasteiger partial charge in [-0.25, -0.2) is 28.8 Å². The van der Waals surface area contributed by atoms with Gasteiger partial charge in [0.25, 0.3) is 0 Å². The van der Waals surface area contributed by atoms with E-state index in [2.05, 4.69) is 544 Å². The second-order valence-electron chi connectivity index (χ2n) is 35.5. The number of rotatable bonds is 18. The molecule has 18 nitrogen and oxygen atoms in total. The Morgan fingerprint density at radius 3 is 0.744 bits per heavy atom. The molecule has 6 aliphatic heterocycles. The lowest BCUT2D eigenvalue weighted by molar-refractivity contribution is -0.728. The molecule has 0 radical (unpaired) electrons. The fraction of sp³-hybridized carbons (Fsp3) is 0.528. The van der Waals surface area contributed by atoms with E-state index in [1.54, 1.807) is 0 Å². The topological polar surface area (TPSA) is 257 Å². The highest BCUT2D eigenvalue weighted by Crippen LogP contribution is 2.39. The summed E-state index contributed by atoms with van der Waals surface area (Å²) >= 11 is 40.3. The van der Waals surface area contributed by atoms with Gasteiger partial charge in [-0.05, 0) is 576 Å². The first-order valence-electron chi connectivity index (χ1n) is 40.7. The summed E-state index contributed by atoms with van der Waals surface area (Å²) in [6.45, 7) is 43.2. The maximum absolute atomic E-state index is 12.7.